The van der Waals surface area contributed by atoms with E-state index >= 15 is 0 Å². The minimum absolute atomic E-state index is 0.0343. The molecule has 9 nitrogen and oxygen atoms in total. The molecule has 0 bridgehead atoms. The predicted octanol–water partition coefficient (Wildman–Crippen LogP) is 5.56. The lowest BCUT2D eigenvalue weighted by Gasteiger charge is -2.32. The van der Waals surface area contributed by atoms with Crippen molar-refractivity contribution >= 4 is 28.5 Å². The first-order chi connectivity index (χ1) is 22.8. The number of nitrogens with one attached hydrogen (secondary N) is 2. The summed E-state index contributed by atoms with van der Waals surface area (Å²) < 4.78 is 11.0. The Balaban J connectivity index is 1.35. The van der Waals surface area contributed by atoms with Gasteiger partial charge in [-0.2, -0.15) is 0 Å². The highest BCUT2D eigenvalue weighted by atomic mass is 16.5. The number of hydrogen-bond donors (Lipinski definition) is 3. The Morgan fingerprint density at radius 3 is 2.38 bits per heavy atom. The van der Waals surface area contributed by atoms with E-state index in [9.17, 15) is 19.5 Å². The number of rotatable bonds is 14. The number of ether oxygens (including phenoxy) is 1. The summed E-state index contributed by atoms with van der Waals surface area (Å²) in [6.07, 6.45) is 7.61. The lowest BCUT2D eigenvalue weighted by Crippen LogP contribution is -2.53. The van der Waals surface area contributed by atoms with Crippen LogP contribution in [0.5, 0.6) is 0 Å². The van der Waals surface area contributed by atoms with Gasteiger partial charge in [0.25, 0.3) is 0 Å². The molecule has 2 aromatic carbocycles. The molecule has 3 aromatic rings. The van der Waals surface area contributed by atoms with E-state index in [1.807, 2.05) is 56.3 Å². The normalized spacial score (nSPS) is 18.4. The van der Waals surface area contributed by atoms with E-state index in [1.54, 1.807) is 17.0 Å². The van der Waals surface area contributed by atoms with Crippen molar-refractivity contribution in [2.75, 3.05) is 26.3 Å². The zero-order valence-electron chi connectivity index (χ0n) is 27.9. The maximum absolute atomic E-state index is 14.2. The Morgan fingerprint density at radius 2 is 1.66 bits per heavy atom. The van der Waals surface area contributed by atoms with Crippen molar-refractivity contribution in [3.05, 3.63) is 72.2 Å². The molecule has 1 aliphatic heterocycles. The van der Waals surface area contributed by atoms with Crippen molar-refractivity contribution in [3.8, 4) is 0 Å². The fourth-order valence-corrected chi connectivity index (χ4v) is 7.13. The molecule has 1 saturated heterocycles. The molecule has 9 heteroatoms. The first-order valence-corrected chi connectivity index (χ1v) is 17.4. The van der Waals surface area contributed by atoms with Gasteiger partial charge in [-0.15, -0.1) is 0 Å². The van der Waals surface area contributed by atoms with Crippen LogP contribution in [0.3, 0.4) is 0 Å². The van der Waals surface area contributed by atoms with Crippen LogP contribution in [-0.4, -0.2) is 66.1 Å². The van der Waals surface area contributed by atoms with E-state index in [0.717, 1.165) is 42.0 Å². The molecule has 4 atom stereocenters. The number of aliphatic hydroxyl groups excluding tert-OH is 1. The average Bonchev–Trinajstić information content (AvgIpc) is 3.63. The van der Waals surface area contributed by atoms with Gasteiger partial charge in [-0.25, -0.2) is 0 Å². The Kier molecular flexibility index (Phi) is 12.5. The van der Waals surface area contributed by atoms with E-state index in [2.05, 4.69) is 10.6 Å². The van der Waals surface area contributed by atoms with E-state index in [-0.39, 0.29) is 30.1 Å². The summed E-state index contributed by atoms with van der Waals surface area (Å²) in [6, 6.07) is 16.1. The molecular formula is C38H51N3O6. The lowest BCUT2D eigenvalue weighted by molar-refractivity contribution is -0.140. The first kappa shape index (κ1) is 34.6. The number of nitrogens with zero attached hydrogens (tertiary/aromatic N) is 1. The Labute approximate surface area is 278 Å². The molecule has 0 spiro atoms. The molecule has 1 saturated carbocycles. The maximum atomic E-state index is 14.2. The second-order valence-electron chi connectivity index (χ2n) is 13.7. The quantitative estimate of drug-likeness (QED) is 0.211. The number of carbonyl (C=O) groups excluding carboxylic acids is 3. The van der Waals surface area contributed by atoms with Crippen molar-refractivity contribution in [2.45, 2.75) is 89.8 Å². The third kappa shape index (κ3) is 9.67. The molecule has 254 valence electrons. The van der Waals surface area contributed by atoms with Gasteiger partial charge in [0.2, 0.25) is 17.7 Å². The van der Waals surface area contributed by atoms with Gasteiger partial charge in [-0.05, 0) is 59.6 Å². The molecule has 2 aliphatic rings. The second kappa shape index (κ2) is 16.9. The van der Waals surface area contributed by atoms with E-state index in [0.29, 0.717) is 57.2 Å². The zero-order chi connectivity index (χ0) is 33.2. The van der Waals surface area contributed by atoms with Crippen molar-refractivity contribution in [1.29, 1.82) is 0 Å². The summed E-state index contributed by atoms with van der Waals surface area (Å²) in [6.45, 7) is 5.99. The summed E-state index contributed by atoms with van der Waals surface area (Å²) in [7, 11) is 0. The zero-order valence-corrected chi connectivity index (χ0v) is 27.9. The minimum atomic E-state index is -1.00. The van der Waals surface area contributed by atoms with Crippen molar-refractivity contribution in [2.24, 2.45) is 17.8 Å². The maximum Gasteiger partial charge on any atom is 0.242 e. The average molecular weight is 646 g/mol. The molecular weight excluding hydrogens is 594 g/mol. The highest BCUT2D eigenvalue weighted by Gasteiger charge is 2.34. The van der Waals surface area contributed by atoms with Gasteiger partial charge >= 0.3 is 0 Å². The van der Waals surface area contributed by atoms with E-state index in [4.69, 9.17) is 9.15 Å². The van der Waals surface area contributed by atoms with Crippen LogP contribution in [0.2, 0.25) is 0 Å². The van der Waals surface area contributed by atoms with Gasteiger partial charge in [-0.3, -0.25) is 14.4 Å². The Morgan fingerprint density at radius 1 is 0.915 bits per heavy atom. The van der Waals surface area contributed by atoms with Crippen LogP contribution in [0, 0.1) is 17.8 Å². The predicted molar refractivity (Wildman–Crippen MR) is 181 cm³/mol. The summed E-state index contributed by atoms with van der Waals surface area (Å²) in [5.74, 6) is -0.500. The van der Waals surface area contributed by atoms with Gasteiger partial charge in [0.15, 0.2) is 0 Å². The topological polar surface area (TPSA) is 121 Å². The molecule has 1 aromatic heterocycles. The minimum Gasteiger partial charge on any atom is -0.467 e. The van der Waals surface area contributed by atoms with Crippen LogP contribution in [0.25, 0.3) is 10.8 Å². The summed E-state index contributed by atoms with van der Waals surface area (Å²) in [4.78, 5) is 43.4. The van der Waals surface area contributed by atoms with Crippen molar-refractivity contribution < 1.29 is 28.6 Å². The Hall–Kier alpha value is -3.69. The number of aliphatic hydroxyl groups is 1. The van der Waals surface area contributed by atoms with Crippen LogP contribution in [-0.2, 0) is 25.5 Å². The highest BCUT2D eigenvalue weighted by Crippen LogP contribution is 2.31. The van der Waals surface area contributed by atoms with E-state index < -0.39 is 24.1 Å². The SMILES string of the molecule is CC(C)C[C@H](NC(=O)[C@@H](CC(=O)N1CCOCC1)Cc1cccc2ccccc12)C(=O)N[C@H](CC1CCCCC1)[C@H](O)c1ccco1. The van der Waals surface area contributed by atoms with Gasteiger partial charge in [0.1, 0.15) is 17.9 Å². The molecule has 1 aliphatic carbocycles. The van der Waals surface area contributed by atoms with Crippen LogP contribution in [0.15, 0.2) is 65.3 Å². The van der Waals surface area contributed by atoms with Crippen LogP contribution in [0.1, 0.15) is 82.6 Å². The molecule has 2 fully saturated rings. The summed E-state index contributed by atoms with van der Waals surface area (Å²) in [5.41, 5.74) is 0.983. The fraction of sp³-hybridized carbons (Fsp3) is 0.553. The first-order valence-electron chi connectivity index (χ1n) is 17.4. The van der Waals surface area contributed by atoms with Crippen LogP contribution in [0.4, 0.5) is 0 Å². The number of carbonyl (C=O) groups is 3. The number of hydrogen-bond acceptors (Lipinski definition) is 6. The number of benzene rings is 2. The van der Waals surface area contributed by atoms with Crippen molar-refractivity contribution in [1.82, 2.24) is 15.5 Å². The van der Waals surface area contributed by atoms with Gasteiger partial charge in [-0.1, -0.05) is 88.4 Å². The highest BCUT2D eigenvalue weighted by molar-refractivity contribution is 5.92. The Bertz CT molecular complexity index is 1440. The monoisotopic (exact) mass is 645 g/mol. The number of amides is 3. The number of fused-ring (bicyclic) bond motifs is 1. The van der Waals surface area contributed by atoms with Crippen LogP contribution >= 0.6 is 0 Å². The second-order valence-corrected chi connectivity index (χ2v) is 13.7. The van der Waals surface area contributed by atoms with Gasteiger partial charge in [0.05, 0.1) is 31.4 Å². The number of furan rings is 1. The van der Waals surface area contributed by atoms with Gasteiger partial charge < -0.3 is 29.8 Å². The molecule has 3 N–H and O–H groups in total. The fourth-order valence-electron chi connectivity index (χ4n) is 7.13. The van der Waals surface area contributed by atoms with E-state index in [1.165, 1.54) is 12.7 Å². The van der Waals surface area contributed by atoms with Gasteiger partial charge in [0, 0.05) is 19.5 Å². The molecule has 0 radical (unpaired) electrons. The third-order valence-corrected chi connectivity index (χ3v) is 9.70. The molecule has 3 amide bonds. The largest absolute Gasteiger partial charge is 0.467 e. The van der Waals surface area contributed by atoms with Crippen LogP contribution < -0.4 is 10.6 Å². The smallest absolute Gasteiger partial charge is 0.242 e. The van der Waals surface area contributed by atoms with Crippen molar-refractivity contribution in [3.63, 3.8) is 0 Å². The summed E-state index contributed by atoms with van der Waals surface area (Å²) >= 11 is 0. The standard InChI is InChI=1S/C38H51N3O6/c1-26(2)22-33(38(45)39-32(23-27-10-4-3-5-11-27)36(43)34-16-9-19-47-34)40-37(44)30(25-35(42)41-17-20-46-21-18-41)24-29-14-8-13-28-12-6-7-15-31(28)29/h6-9,12-16,19,26-27,30,32-33,36,43H,3-5,10-11,17-18,20-25H2,1-2H3,(H,39,45)(H,40,44)/t30-,32-,33+,36+/m1/s1. The molecule has 0 unspecified atom stereocenters. The number of morpholine rings is 1. The molecule has 47 heavy (non-hydrogen) atoms. The summed E-state index contributed by atoms with van der Waals surface area (Å²) in [5, 5.41) is 19.6. The molecule has 5 rings (SSSR count). The third-order valence-electron chi connectivity index (χ3n) is 9.70. The lowest BCUT2D eigenvalue weighted by atomic mass is 9.83. The molecule has 2 heterocycles.